The Morgan fingerprint density at radius 3 is 2.58 bits per heavy atom. The quantitative estimate of drug-likeness (QED) is 0.816. The zero-order valence-corrected chi connectivity index (χ0v) is 16.4. The van der Waals surface area contributed by atoms with Crippen molar-refractivity contribution in [1.82, 2.24) is 10.2 Å². The minimum Gasteiger partial charge on any atom is -0.444 e. The predicted octanol–water partition coefficient (Wildman–Crippen LogP) is 3.66. The molecule has 1 fully saturated rings. The van der Waals surface area contributed by atoms with Crippen LogP contribution < -0.4 is 10.6 Å². The molecule has 2 rings (SSSR count). The molecule has 1 aromatic carbocycles. The van der Waals surface area contributed by atoms with E-state index < -0.39 is 11.7 Å². The van der Waals surface area contributed by atoms with Crippen molar-refractivity contribution in [1.29, 1.82) is 0 Å². The van der Waals surface area contributed by atoms with Gasteiger partial charge in [0, 0.05) is 23.3 Å². The lowest BCUT2D eigenvalue weighted by molar-refractivity contribution is -0.118. The number of rotatable bonds is 5. The molecule has 0 saturated carbocycles. The molecule has 1 aliphatic rings. The number of piperidine rings is 1. The SMILES string of the molecule is CC(C)(C)OC(=O)NCC1CCCCN1CC(=O)Nc1ccc(Cl)cc1. The van der Waals surface area contributed by atoms with Gasteiger partial charge < -0.3 is 15.4 Å². The van der Waals surface area contributed by atoms with Crippen molar-refractivity contribution < 1.29 is 14.3 Å². The highest BCUT2D eigenvalue weighted by Crippen LogP contribution is 2.18. The number of likely N-dealkylation sites (tertiary alicyclic amines) is 1. The highest BCUT2D eigenvalue weighted by atomic mass is 35.5. The molecule has 6 nitrogen and oxygen atoms in total. The second-order valence-corrected chi connectivity index (χ2v) is 7.99. The smallest absolute Gasteiger partial charge is 0.407 e. The van der Waals surface area contributed by atoms with Crippen molar-refractivity contribution in [2.45, 2.75) is 51.7 Å². The number of benzene rings is 1. The monoisotopic (exact) mass is 381 g/mol. The summed E-state index contributed by atoms with van der Waals surface area (Å²) in [6, 6.07) is 7.17. The van der Waals surface area contributed by atoms with Crippen molar-refractivity contribution in [2.75, 3.05) is 25.0 Å². The molecule has 1 aliphatic heterocycles. The molecule has 0 bridgehead atoms. The van der Waals surface area contributed by atoms with Gasteiger partial charge >= 0.3 is 6.09 Å². The molecule has 0 spiro atoms. The molecule has 0 aromatic heterocycles. The van der Waals surface area contributed by atoms with Gasteiger partial charge in [-0.25, -0.2) is 4.79 Å². The number of amides is 2. The Bertz CT molecular complexity index is 613. The summed E-state index contributed by atoms with van der Waals surface area (Å²) in [5.41, 5.74) is 0.203. The van der Waals surface area contributed by atoms with Crippen LogP contribution in [-0.2, 0) is 9.53 Å². The Kier molecular flexibility index (Phi) is 7.29. The average molecular weight is 382 g/mol. The highest BCUT2D eigenvalue weighted by molar-refractivity contribution is 6.30. The highest BCUT2D eigenvalue weighted by Gasteiger charge is 2.25. The van der Waals surface area contributed by atoms with E-state index in [1.165, 1.54) is 0 Å². The van der Waals surface area contributed by atoms with Gasteiger partial charge in [0.15, 0.2) is 0 Å². The summed E-state index contributed by atoms with van der Waals surface area (Å²) < 4.78 is 5.28. The molecule has 1 heterocycles. The van der Waals surface area contributed by atoms with Crippen LogP contribution in [0.15, 0.2) is 24.3 Å². The van der Waals surface area contributed by atoms with Crippen LogP contribution in [0.2, 0.25) is 5.02 Å². The van der Waals surface area contributed by atoms with Gasteiger partial charge in [-0.05, 0) is 64.4 Å². The standard InChI is InChI=1S/C19H28ClN3O3/c1-19(2,3)26-18(25)21-12-16-6-4-5-11-23(16)13-17(24)22-15-9-7-14(20)8-10-15/h7-10,16H,4-6,11-13H2,1-3H3,(H,21,25)(H,22,24). The van der Waals surface area contributed by atoms with E-state index in [9.17, 15) is 9.59 Å². The molecule has 1 saturated heterocycles. The molecular weight excluding hydrogens is 354 g/mol. The predicted molar refractivity (Wildman–Crippen MR) is 104 cm³/mol. The molecule has 26 heavy (non-hydrogen) atoms. The second-order valence-electron chi connectivity index (χ2n) is 7.56. The topological polar surface area (TPSA) is 70.7 Å². The fraction of sp³-hybridized carbons (Fsp3) is 0.579. The summed E-state index contributed by atoms with van der Waals surface area (Å²) in [5, 5.41) is 6.33. The van der Waals surface area contributed by atoms with E-state index in [0.717, 1.165) is 31.5 Å². The number of anilines is 1. The zero-order chi connectivity index (χ0) is 19.2. The first-order valence-corrected chi connectivity index (χ1v) is 9.37. The Hall–Kier alpha value is -1.79. The normalized spacial score (nSPS) is 18.2. The summed E-state index contributed by atoms with van der Waals surface area (Å²) in [6.45, 7) is 7.11. The Morgan fingerprint density at radius 1 is 1.23 bits per heavy atom. The zero-order valence-electron chi connectivity index (χ0n) is 15.7. The number of halogens is 1. The molecule has 2 amide bonds. The van der Waals surface area contributed by atoms with Crippen LogP contribution in [0.3, 0.4) is 0 Å². The van der Waals surface area contributed by atoms with Gasteiger partial charge in [-0.2, -0.15) is 0 Å². The minimum absolute atomic E-state index is 0.0727. The van der Waals surface area contributed by atoms with Crippen molar-refractivity contribution in [2.24, 2.45) is 0 Å². The third-order valence-corrected chi connectivity index (χ3v) is 4.36. The van der Waals surface area contributed by atoms with Gasteiger partial charge in [0.05, 0.1) is 6.54 Å². The number of carbonyl (C=O) groups is 2. The first kappa shape index (κ1) is 20.5. The number of carbonyl (C=O) groups excluding carboxylic acids is 2. The van der Waals surface area contributed by atoms with Crippen LogP contribution in [0.4, 0.5) is 10.5 Å². The van der Waals surface area contributed by atoms with Crippen LogP contribution in [0, 0.1) is 0 Å². The number of nitrogens with zero attached hydrogens (tertiary/aromatic N) is 1. The van der Waals surface area contributed by atoms with Crippen molar-refractivity contribution >= 4 is 29.3 Å². The minimum atomic E-state index is -0.519. The third-order valence-electron chi connectivity index (χ3n) is 4.10. The van der Waals surface area contributed by atoms with Crippen LogP contribution >= 0.6 is 11.6 Å². The summed E-state index contributed by atoms with van der Waals surface area (Å²) in [5.74, 6) is -0.0727. The summed E-state index contributed by atoms with van der Waals surface area (Å²) in [6.07, 6.45) is 2.67. The molecular formula is C19H28ClN3O3. The van der Waals surface area contributed by atoms with E-state index >= 15 is 0 Å². The van der Waals surface area contributed by atoms with E-state index in [2.05, 4.69) is 15.5 Å². The van der Waals surface area contributed by atoms with Gasteiger partial charge in [0.1, 0.15) is 5.60 Å². The van der Waals surface area contributed by atoms with Gasteiger partial charge in [0.25, 0.3) is 0 Å². The van der Waals surface area contributed by atoms with Gasteiger partial charge in [0.2, 0.25) is 5.91 Å². The maximum absolute atomic E-state index is 12.3. The van der Waals surface area contributed by atoms with Gasteiger partial charge in [-0.3, -0.25) is 9.69 Å². The van der Waals surface area contributed by atoms with Crippen LogP contribution in [-0.4, -0.2) is 48.2 Å². The van der Waals surface area contributed by atoms with E-state index in [-0.39, 0.29) is 11.9 Å². The van der Waals surface area contributed by atoms with Crippen LogP contribution in [0.5, 0.6) is 0 Å². The van der Waals surface area contributed by atoms with Crippen molar-refractivity contribution in [3.05, 3.63) is 29.3 Å². The molecule has 7 heteroatoms. The fourth-order valence-corrected chi connectivity index (χ4v) is 3.06. The van der Waals surface area contributed by atoms with Crippen LogP contribution in [0.25, 0.3) is 0 Å². The molecule has 2 N–H and O–H groups in total. The van der Waals surface area contributed by atoms with E-state index in [0.29, 0.717) is 18.1 Å². The van der Waals surface area contributed by atoms with Gasteiger partial charge in [-0.1, -0.05) is 18.0 Å². The Morgan fingerprint density at radius 2 is 1.92 bits per heavy atom. The summed E-state index contributed by atoms with van der Waals surface area (Å²) in [4.78, 5) is 26.3. The first-order chi connectivity index (χ1) is 12.2. The molecule has 1 aromatic rings. The maximum atomic E-state index is 12.3. The van der Waals surface area contributed by atoms with Crippen molar-refractivity contribution in [3.8, 4) is 0 Å². The molecule has 0 radical (unpaired) electrons. The average Bonchev–Trinajstić information content (AvgIpc) is 2.54. The van der Waals surface area contributed by atoms with E-state index in [1.54, 1.807) is 24.3 Å². The Balaban J connectivity index is 1.84. The second kappa shape index (κ2) is 9.24. The largest absolute Gasteiger partial charge is 0.444 e. The number of hydrogen-bond donors (Lipinski definition) is 2. The lowest BCUT2D eigenvalue weighted by Crippen LogP contribution is -2.49. The lowest BCUT2D eigenvalue weighted by Gasteiger charge is -2.35. The Labute approximate surface area is 160 Å². The van der Waals surface area contributed by atoms with E-state index in [1.807, 2.05) is 20.8 Å². The van der Waals surface area contributed by atoms with Crippen molar-refractivity contribution in [3.63, 3.8) is 0 Å². The summed E-state index contributed by atoms with van der Waals surface area (Å²) >= 11 is 5.86. The van der Waals surface area contributed by atoms with E-state index in [4.69, 9.17) is 16.3 Å². The molecule has 0 aliphatic carbocycles. The fourth-order valence-electron chi connectivity index (χ4n) is 2.93. The summed E-state index contributed by atoms with van der Waals surface area (Å²) in [7, 11) is 0. The van der Waals surface area contributed by atoms with Crippen LogP contribution in [0.1, 0.15) is 40.0 Å². The lowest BCUT2D eigenvalue weighted by atomic mass is 10.0. The number of hydrogen-bond acceptors (Lipinski definition) is 4. The molecule has 144 valence electrons. The molecule has 1 atom stereocenters. The first-order valence-electron chi connectivity index (χ1n) is 8.99. The number of ether oxygens (including phenoxy) is 1. The maximum Gasteiger partial charge on any atom is 0.407 e. The van der Waals surface area contributed by atoms with Gasteiger partial charge in [-0.15, -0.1) is 0 Å². The number of alkyl carbamates (subject to hydrolysis) is 1. The number of nitrogens with one attached hydrogen (secondary N) is 2. The third kappa shape index (κ3) is 7.22. The molecule has 1 unspecified atom stereocenters.